The lowest BCUT2D eigenvalue weighted by molar-refractivity contribution is 0.302. The van der Waals surface area contributed by atoms with Crippen molar-refractivity contribution >= 4 is 0 Å². The number of ether oxygens (including phenoxy) is 1. The fourth-order valence-corrected chi connectivity index (χ4v) is 2.84. The van der Waals surface area contributed by atoms with Gasteiger partial charge in [0.1, 0.15) is 5.75 Å². The van der Waals surface area contributed by atoms with Crippen LogP contribution in [-0.4, -0.2) is 13.2 Å². The summed E-state index contributed by atoms with van der Waals surface area (Å²) in [6.45, 7) is 4.71. The largest absolute Gasteiger partial charge is 0.490 e. The Balaban J connectivity index is 1.76. The summed E-state index contributed by atoms with van der Waals surface area (Å²) in [5.41, 5.74) is 1.85. The summed E-state index contributed by atoms with van der Waals surface area (Å²) in [7, 11) is 2.06. The molecule has 0 saturated heterocycles. The summed E-state index contributed by atoms with van der Waals surface area (Å²) >= 11 is 0. The van der Waals surface area contributed by atoms with Gasteiger partial charge >= 0.3 is 0 Å². The Bertz CT molecular complexity index is 436. The average Bonchev–Trinajstić information content (AvgIpc) is 3.22. The van der Waals surface area contributed by atoms with Crippen LogP contribution in [0.3, 0.4) is 0 Å². The molecule has 0 spiro atoms. The second kappa shape index (κ2) is 4.27. The first-order chi connectivity index (χ1) is 8.60. The third-order valence-corrected chi connectivity index (χ3v) is 4.35. The van der Waals surface area contributed by atoms with Gasteiger partial charge in [-0.15, -0.1) is 0 Å². The van der Waals surface area contributed by atoms with Crippen molar-refractivity contribution in [3.05, 3.63) is 29.8 Å². The Morgan fingerprint density at radius 3 is 2.61 bits per heavy atom. The minimum atomic E-state index is 0.461. The summed E-state index contributed by atoms with van der Waals surface area (Å²) in [6.07, 6.45) is 4.22. The predicted molar refractivity (Wildman–Crippen MR) is 73.8 cm³/mol. The molecule has 18 heavy (non-hydrogen) atoms. The van der Waals surface area contributed by atoms with E-state index in [1.54, 1.807) is 0 Å². The summed E-state index contributed by atoms with van der Waals surface area (Å²) in [5.74, 6) is 1.78. The van der Waals surface area contributed by atoms with Gasteiger partial charge in [0.2, 0.25) is 0 Å². The Hall–Kier alpha value is -1.02. The average molecular weight is 245 g/mol. The third-order valence-electron chi connectivity index (χ3n) is 4.35. The van der Waals surface area contributed by atoms with Crippen LogP contribution in [0.4, 0.5) is 0 Å². The van der Waals surface area contributed by atoms with Crippen LogP contribution in [0.5, 0.6) is 5.75 Å². The van der Waals surface area contributed by atoms with Crippen LogP contribution in [0.2, 0.25) is 0 Å². The maximum Gasteiger partial charge on any atom is 0.120 e. The Labute approximate surface area is 110 Å². The maximum atomic E-state index is 5.88. The van der Waals surface area contributed by atoms with Gasteiger partial charge in [-0.2, -0.15) is 0 Å². The number of rotatable bonds is 5. The summed E-state index contributed by atoms with van der Waals surface area (Å²) < 4.78 is 5.88. The standard InChI is InChI=1S/C16H23NO/c1-16(2)10-14(16)15(17-3)11-5-4-6-13(9-11)18-12-7-8-12/h4-6,9,12,14-15,17H,7-8,10H2,1-3H3. The van der Waals surface area contributed by atoms with Gasteiger partial charge in [-0.25, -0.2) is 0 Å². The van der Waals surface area contributed by atoms with Crippen molar-refractivity contribution in [1.29, 1.82) is 0 Å². The molecule has 2 aliphatic rings. The Morgan fingerprint density at radius 2 is 2.06 bits per heavy atom. The molecule has 2 fully saturated rings. The van der Waals surface area contributed by atoms with Crippen LogP contribution >= 0.6 is 0 Å². The van der Waals surface area contributed by atoms with E-state index in [1.165, 1.54) is 24.8 Å². The van der Waals surface area contributed by atoms with Gasteiger partial charge < -0.3 is 10.1 Å². The van der Waals surface area contributed by atoms with Gasteiger partial charge in [-0.1, -0.05) is 26.0 Å². The third kappa shape index (κ3) is 2.39. The van der Waals surface area contributed by atoms with Crippen LogP contribution in [-0.2, 0) is 0 Å². The van der Waals surface area contributed by atoms with Gasteiger partial charge in [-0.3, -0.25) is 0 Å². The minimum absolute atomic E-state index is 0.461. The Morgan fingerprint density at radius 1 is 1.33 bits per heavy atom. The SMILES string of the molecule is CNC(c1cccc(OC2CC2)c1)C1CC1(C)C. The van der Waals surface area contributed by atoms with Crippen molar-refractivity contribution in [2.24, 2.45) is 11.3 Å². The molecular formula is C16H23NO. The molecule has 0 heterocycles. The molecule has 1 N–H and O–H groups in total. The molecule has 1 aromatic carbocycles. The van der Waals surface area contributed by atoms with E-state index in [9.17, 15) is 0 Å². The summed E-state index contributed by atoms with van der Waals surface area (Å²) in [4.78, 5) is 0. The zero-order chi connectivity index (χ0) is 12.8. The lowest BCUT2D eigenvalue weighted by Gasteiger charge is -2.19. The highest BCUT2D eigenvalue weighted by Gasteiger charge is 2.50. The topological polar surface area (TPSA) is 21.3 Å². The van der Waals surface area contributed by atoms with Crippen LogP contribution in [0.25, 0.3) is 0 Å². The summed E-state index contributed by atoms with van der Waals surface area (Å²) in [6, 6.07) is 9.09. The lowest BCUT2D eigenvalue weighted by atomic mass is 9.97. The molecule has 2 saturated carbocycles. The molecule has 2 aliphatic carbocycles. The predicted octanol–water partition coefficient (Wildman–Crippen LogP) is 3.53. The van der Waals surface area contributed by atoms with Crippen molar-refractivity contribution in [3.63, 3.8) is 0 Å². The molecule has 2 unspecified atom stereocenters. The zero-order valence-corrected chi connectivity index (χ0v) is 11.6. The van der Waals surface area contributed by atoms with Crippen LogP contribution in [0, 0.1) is 11.3 Å². The lowest BCUT2D eigenvalue weighted by Crippen LogP contribution is -2.20. The zero-order valence-electron chi connectivity index (χ0n) is 11.6. The highest BCUT2D eigenvalue weighted by atomic mass is 16.5. The van der Waals surface area contributed by atoms with Crippen molar-refractivity contribution in [3.8, 4) is 5.75 Å². The van der Waals surface area contributed by atoms with E-state index in [2.05, 4.69) is 50.5 Å². The first-order valence-corrected chi connectivity index (χ1v) is 7.04. The highest BCUT2D eigenvalue weighted by molar-refractivity contribution is 5.32. The molecule has 0 aliphatic heterocycles. The molecule has 3 rings (SSSR count). The van der Waals surface area contributed by atoms with E-state index in [4.69, 9.17) is 4.74 Å². The Kier molecular flexibility index (Phi) is 2.86. The van der Waals surface area contributed by atoms with Crippen LogP contribution in [0.15, 0.2) is 24.3 Å². The van der Waals surface area contributed by atoms with Crippen molar-refractivity contribution in [1.82, 2.24) is 5.32 Å². The molecule has 2 atom stereocenters. The molecule has 0 radical (unpaired) electrons. The van der Waals surface area contributed by atoms with Gasteiger partial charge in [-0.05, 0) is 55.3 Å². The fraction of sp³-hybridized carbons (Fsp3) is 0.625. The number of hydrogen-bond acceptors (Lipinski definition) is 2. The van der Waals surface area contributed by atoms with Gasteiger partial charge in [0.05, 0.1) is 6.10 Å². The first-order valence-electron chi connectivity index (χ1n) is 7.04. The van der Waals surface area contributed by atoms with E-state index < -0.39 is 0 Å². The monoisotopic (exact) mass is 245 g/mol. The van der Waals surface area contributed by atoms with Crippen LogP contribution in [0.1, 0.15) is 44.7 Å². The quantitative estimate of drug-likeness (QED) is 0.856. The minimum Gasteiger partial charge on any atom is -0.490 e. The molecular weight excluding hydrogens is 222 g/mol. The maximum absolute atomic E-state index is 5.88. The van der Waals surface area contributed by atoms with E-state index in [0.29, 0.717) is 17.6 Å². The van der Waals surface area contributed by atoms with Crippen LogP contribution < -0.4 is 10.1 Å². The molecule has 0 bridgehead atoms. The van der Waals surface area contributed by atoms with Crippen molar-refractivity contribution in [2.45, 2.75) is 45.3 Å². The van der Waals surface area contributed by atoms with E-state index >= 15 is 0 Å². The highest BCUT2D eigenvalue weighted by Crippen LogP contribution is 2.57. The second-order valence-electron chi connectivity index (χ2n) is 6.46. The number of hydrogen-bond donors (Lipinski definition) is 1. The second-order valence-corrected chi connectivity index (χ2v) is 6.46. The smallest absolute Gasteiger partial charge is 0.120 e. The fourth-order valence-electron chi connectivity index (χ4n) is 2.84. The molecule has 0 aromatic heterocycles. The van der Waals surface area contributed by atoms with Gasteiger partial charge in [0.15, 0.2) is 0 Å². The number of nitrogens with one attached hydrogen (secondary N) is 1. The van der Waals surface area contributed by atoms with E-state index in [0.717, 1.165) is 11.7 Å². The first kappa shape index (κ1) is 12.0. The van der Waals surface area contributed by atoms with Gasteiger partial charge in [0.25, 0.3) is 0 Å². The number of benzene rings is 1. The molecule has 1 aromatic rings. The van der Waals surface area contributed by atoms with E-state index in [1.807, 2.05) is 0 Å². The van der Waals surface area contributed by atoms with Crippen molar-refractivity contribution in [2.75, 3.05) is 7.05 Å². The molecule has 2 heteroatoms. The normalized spacial score (nSPS) is 26.7. The summed E-state index contributed by atoms with van der Waals surface area (Å²) in [5, 5.41) is 3.48. The van der Waals surface area contributed by atoms with E-state index in [-0.39, 0.29) is 0 Å². The van der Waals surface area contributed by atoms with Crippen molar-refractivity contribution < 1.29 is 4.74 Å². The molecule has 0 amide bonds. The molecule has 2 nitrogen and oxygen atoms in total. The van der Waals surface area contributed by atoms with Gasteiger partial charge in [0, 0.05) is 6.04 Å². The molecule has 98 valence electrons.